The van der Waals surface area contributed by atoms with E-state index >= 15 is 0 Å². The SMILES string of the molecule is CC/C=C\C/C=C\C/C=C\C/C=C\C/C=C\C/C=C\CCC(=O)OCC(COC1OC(C(=O)O)C(O)C(O)C1OC(=O)CCCCCCCCC/C=C\C/C=C\C/C=C\CC)OC(=O)CCCCCCCCCCC. The number of rotatable bonds is 47. The van der Waals surface area contributed by atoms with Gasteiger partial charge in [-0.2, -0.15) is 0 Å². The van der Waals surface area contributed by atoms with Crippen molar-refractivity contribution in [2.75, 3.05) is 13.2 Å². The second kappa shape index (κ2) is 50.2. The lowest BCUT2D eigenvalue weighted by molar-refractivity contribution is -0.301. The Morgan fingerprint density at radius 3 is 1.33 bits per heavy atom. The molecule has 1 heterocycles. The fourth-order valence-corrected chi connectivity index (χ4v) is 8.00. The van der Waals surface area contributed by atoms with Crippen molar-refractivity contribution in [3.05, 3.63) is 109 Å². The molecule has 3 N–H and O–H groups in total. The van der Waals surface area contributed by atoms with Gasteiger partial charge in [-0.05, 0) is 89.9 Å². The molecule has 0 aromatic carbocycles. The largest absolute Gasteiger partial charge is 0.479 e. The number of esters is 3. The summed E-state index contributed by atoms with van der Waals surface area (Å²) < 4.78 is 28.3. The van der Waals surface area contributed by atoms with Gasteiger partial charge >= 0.3 is 23.9 Å². The summed E-state index contributed by atoms with van der Waals surface area (Å²) in [5.74, 6) is -3.26. The minimum atomic E-state index is -1.92. The maximum atomic E-state index is 13.1. The van der Waals surface area contributed by atoms with Crippen molar-refractivity contribution in [1.82, 2.24) is 0 Å². The van der Waals surface area contributed by atoms with Gasteiger partial charge in [0.05, 0.1) is 6.61 Å². The molecular formula is C63H100O12. The van der Waals surface area contributed by atoms with Crippen LogP contribution in [0.3, 0.4) is 0 Å². The van der Waals surface area contributed by atoms with Gasteiger partial charge in [0, 0.05) is 19.3 Å². The molecule has 75 heavy (non-hydrogen) atoms. The molecule has 0 aromatic heterocycles. The van der Waals surface area contributed by atoms with E-state index in [0.29, 0.717) is 19.3 Å². The third-order valence-corrected chi connectivity index (χ3v) is 12.4. The van der Waals surface area contributed by atoms with Gasteiger partial charge in [0.15, 0.2) is 24.6 Å². The van der Waals surface area contributed by atoms with Crippen molar-refractivity contribution in [2.45, 2.75) is 250 Å². The maximum absolute atomic E-state index is 13.1. The number of carbonyl (C=O) groups is 4. The first-order valence-corrected chi connectivity index (χ1v) is 28.9. The predicted octanol–water partition coefficient (Wildman–Crippen LogP) is 14.7. The number of aliphatic hydroxyl groups excluding tert-OH is 2. The lowest BCUT2D eigenvalue weighted by atomic mass is 9.98. The Labute approximate surface area is 453 Å². The Morgan fingerprint density at radius 1 is 0.453 bits per heavy atom. The fraction of sp³-hybridized carbons (Fsp3) is 0.651. The molecule has 1 saturated heterocycles. The summed E-state index contributed by atoms with van der Waals surface area (Å²) in [6.07, 6.45) is 55.1. The fourth-order valence-electron chi connectivity index (χ4n) is 8.00. The molecule has 0 saturated carbocycles. The van der Waals surface area contributed by atoms with Gasteiger partial charge in [0.2, 0.25) is 0 Å². The van der Waals surface area contributed by atoms with Crippen molar-refractivity contribution in [3.8, 4) is 0 Å². The number of hydrogen-bond donors (Lipinski definition) is 3. The van der Waals surface area contributed by atoms with Crippen molar-refractivity contribution in [3.63, 3.8) is 0 Å². The molecule has 0 aliphatic carbocycles. The lowest BCUT2D eigenvalue weighted by Gasteiger charge is -2.40. The van der Waals surface area contributed by atoms with Crippen molar-refractivity contribution in [1.29, 1.82) is 0 Å². The highest BCUT2D eigenvalue weighted by Gasteiger charge is 2.50. The molecule has 6 unspecified atom stereocenters. The minimum absolute atomic E-state index is 0.0378. The molecule has 12 nitrogen and oxygen atoms in total. The number of hydrogen-bond acceptors (Lipinski definition) is 11. The van der Waals surface area contributed by atoms with E-state index in [2.05, 4.69) is 118 Å². The van der Waals surface area contributed by atoms with E-state index in [0.717, 1.165) is 122 Å². The predicted molar refractivity (Wildman–Crippen MR) is 303 cm³/mol. The summed E-state index contributed by atoms with van der Waals surface area (Å²) in [4.78, 5) is 51.0. The molecule has 0 radical (unpaired) electrons. The first-order chi connectivity index (χ1) is 36.6. The Morgan fingerprint density at radius 2 is 0.867 bits per heavy atom. The maximum Gasteiger partial charge on any atom is 0.335 e. The van der Waals surface area contributed by atoms with E-state index in [1.807, 2.05) is 12.2 Å². The van der Waals surface area contributed by atoms with Crippen LogP contribution in [0.4, 0.5) is 0 Å². The summed E-state index contributed by atoms with van der Waals surface area (Å²) in [6, 6.07) is 0. The Bertz CT molecular complexity index is 1720. The summed E-state index contributed by atoms with van der Waals surface area (Å²) in [7, 11) is 0. The highest BCUT2D eigenvalue weighted by molar-refractivity contribution is 5.74. The molecule has 6 atom stereocenters. The summed E-state index contributed by atoms with van der Waals surface area (Å²) >= 11 is 0. The van der Waals surface area contributed by atoms with Crippen LogP contribution in [-0.2, 0) is 42.9 Å². The molecule has 0 bridgehead atoms. The van der Waals surface area contributed by atoms with Crippen LogP contribution in [-0.4, -0.2) is 89.2 Å². The molecule has 0 spiro atoms. The van der Waals surface area contributed by atoms with Gasteiger partial charge in [-0.25, -0.2) is 4.79 Å². The zero-order valence-corrected chi connectivity index (χ0v) is 46.5. The van der Waals surface area contributed by atoms with Gasteiger partial charge in [-0.1, -0.05) is 214 Å². The van der Waals surface area contributed by atoms with Crippen LogP contribution in [0.5, 0.6) is 0 Å². The third-order valence-electron chi connectivity index (χ3n) is 12.4. The Kier molecular flexibility index (Phi) is 45.8. The van der Waals surface area contributed by atoms with Crippen LogP contribution in [0.15, 0.2) is 109 Å². The quantitative estimate of drug-likeness (QED) is 0.0228. The van der Waals surface area contributed by atoms with Crippen LogP contribution in [0, 0.1) is 0 Å². The van der Waals surface area contributed by atoms with E-state index in [1.54, 1.807) is 0 Å². The number of aliphatic carboxylic acids is 1. The molecular weight excluding hydrogens is 949 g/mol. The van der Waals surface area contributed by atoms with Crippen LogP contribution in [0.1, 0.15) is 213 Å². The number of carboxylic acid groups (broad SMARTS) is 1. The smallest absolute Gasteiger partial charge is 0.335 e. The van der Waals surface area contributed by atoms with Crippen molar-refractivity contribution in [2.24, 2.45) is 0 Å². The van der Waals surface area contributed by atoms with E-state index < -0.39 is 67.3 Å². The monoisotopic (exact) mass is 1050 g/mol. The van der Waals surface area contributed by atoms with Crippen LogP contribution < -0.4 is 0 Å². The number of allylic oxidation sites excluding steroid dienone is 18. The number of unbranched alkanes of at least 4 members (excludes halogenated alkanes) is 15. The zero-order valence-electron chi connectivity index (χ0n) is 46.5. The second-order valence-electron chi connectivity index (χ2n) is 19.2. The summed E-state index contributed by atoms with van der Waals surface area (Å²) in [5, 5.41) is 31.4. The summed E-state index contributed by atoms with van der Waals surface area (Å²) in [6.45, 7) is 5.66. The molecule has 0 amide bonds. The molecule has 1 fully saturated rings. The van der Waals surface area contributed by atoms with E-state index in [1.165, 1.54) is 32.1 Å². The topological polar surface area (TPSA) is 175 Å². The molecule has 0 aromatic rings. The molecule has 1 rings (SSSR count). The average molecular weight is 1050 g/mol. The second-order valence-corrected chi connectivity index (χ2v) is 19.2. The van der Waals surface area contributed by atoms with E-state index in [4.69, 9.17) is 23.7 Å². The molecule has 424 valence electrons. The minimum Gasteiger partial charge on any atom is -0.479 e. The highest BCUT2D eigenvalue weighted by atomic mass is 16.7. The van der Waals surface area contributed by atoms with Crippen LogP contribution in [0.25, 0.3) is 0 Å². The molecule has 1 aliphatic rings. The van der Waals surface area contributed by atoms with Gasteiger partial charge in [-0.3, -0.25) is 14.4 Å². The number of ether oxygens (including phenoxy) is 5. The van der Waals surface area contributed by atoms with E-state index in [9.17, 15) is 34.5 Å². The van der Waals surface area contributed by atoms with Gasteiger partial charge in [0.1, 0.15) is 18.8 Å². The van der Waals surface area contributed by atoms with E-state index in [-0.39, 0.29) is 25.9 Å². The van der Waals surface area contributed by atoms with Gasteiger partial charge in [0.25, 0.3) is 0 Å². The Hall–Kier alpha value is -4.62. The highest BCUT2D eigenvalue weighted by Crippen LogP contribution is 2.26. The number of carboxylic acids is 1. The zero-order chi connectivity index (χ0) is 54.7. The van der Waals surface area contributed by atoms with Crippen molar-refractivity contribution < 1.29 is 58.2 Å². The van der Waals surface area contributed by atoms with Gasteiger partial charge in [-0.15, -0.1) is 0 Å². The normalized spacial score (nSPS) is 19.0. The lowest BCUT2D eigenvalue weighted by Crippen LogP contribution is -2.61. The third kappa shape index (κ3) is 40.3. The number of aliphatic hydroxyl groups is 2. The molecule has 12 heteroatoms. The standard InChI is InChI=1S/C63H100O12/c1-4-7-10-13-16-19-21-23-25-27-28-30-31-33-35-38-40-43-46-49-55(64)71-52-54(73-56(65)50-47-44-41-37-18-15-12-9-6-3)53-72-63-61(59(68)58(67)60(75-63)62(69)70)74-57(66)51-48-45-42-39-36-34-32-29-26-24-22-20-17-14-11-8-5-2/h7-8,10-11,16-17,19-20,23-26,28,30,33,35,40,43,54,58-61,63,67-68H,4-6,9,12-15,18,21-22,27,29,31-32,34,36-39,41-42,44-53H2,1-3H3,(H,69,70)/b10-7-,11-8-,19-16-,20-17-,25-23-,26-24-,30-28-,35-33-,43-40-. The van der Waals surface area contributed by atoms with Crippen molar-refractivity contribution >= 4 is 23.9 Å². The average Bonchev–Trinajstić information content (AvgIpc) is 3.39. The number of carbonyl (C=O) groups excluding carboxylic acids is 3. The summed E-state index contributed by atoms with van der Waals surface area (Å²) in [5.41, 5.74) is 0. The van der Waals surface area contributed by atoms with Crippen LogP contribution in [0.2, 0.25) is 0 Å². The van der Waals surface area contributed by atoms with Gasteiger partial charge < -0.3 is 39.0 Å². The first-order valence-electron chi connectivity index (χ1n) is 28.9. The first kappa shape index (κ1) is 68.4. The van der Waals surface area contributed by atoms with Crippen LogP contribution >= 0.6 is 0 Å². The Balaban J connectivity index is 2.70. The molecule has 1 aliphatic heterocycles.